The van der Waals surface area contributed by atoms with Crippen molar-refractivity contribution in [1.82, 2.24) is 4.57 Å². The van der Waals surface area contributed by atoms with Crippen LogP contribution in [0.2, 0.25) is 0 Å². The molecule has 84 valence electrons. The van der Waals surface area contributed by atoms with Crippen LogP contribution in [0, 0.1) is 6.92 Å². The molecule has 0 aliphatic rings. The molecule has 0 N–H and O–H groups in total. The van der Waals surface area contributed by atoms with Gasteiger partial charge in [-0.3, -0.25) is 9.59 Å². The summed E-state index contributed by atoms with van der Waals surface area (Å²) in [6, 6.07) is 3.13. The van der Waals surface area contributed by atoms with E-state index in [1.54, 1.807) is 12.3 Å². The predicted molar refractivity (Wildman–Crippen MR) is 58.8 cm³/mol. The van der Waals surface area contributed by atoms with Gasteiger partial charge in [0.2, 0.25) is 0 Å². The zero-order chi connectivity index (χ0) is 11.8. The predicted octanol–water partition coefficient (Wildman–Crippen LogP) is 1.36. The van der Waals surface area contributed by atoms with Gasteiger partial charge in [0.25, 0.3) is 5.56 Å². The highest BCUT2D eigenvalue weighted by Gasteiger charge is 2.02. The highest BCUT2D eigenvalue weighted by Crippen LogP contribution is 1.92. The van der Waals surface area contributed by atoms with Crippen molar-refractivity contribution in [3.05, 3.63) is 34.2 Å². The summed E-state index contributed by atoms with van der Waals surface area (Å²) in [6.07, 6.45) is 1.62. The van der Waals surface area contributed by atoms with Gasteiger partial charge in [-0.15, -0.1) is 0 Å². The number of hydrogen-bond donors (Lipinski definition) is 0. The Morgan fingerprint density at radius 1 is 1.40 bits per heavy atom. The maximum absolute atomic E-state index is 11.2. The molecular weight excluding hydrogens is 194 g/mol. The van der Waals surface area contributed by atoms with Crippen molar-refractivity contribution in [2.75, 3.05) is 7.11 Å². The van der Waals surface area contributed by atoms with Crippen molar-refractivity contribution in [3.8, 4) is 0 Å². The van der Waals surface area contributed by atoms with Gasteiger partial charge >= 0.3 is 5.97 Å². The van der Waals surface area contributed by atoms with E-state index in [1.807, 2.05) is 20.8 Å². The molecule has 0 bridgehead atoms. The van der Waals surface area contributed by atoms with E-state index in [1.165, 1.54) is 17.7 Å². The first-order valence-corrected chi connectivity index (χ1v) is 4.87. The minimum absolute atomic E-state index is 0.0307. The average Bonchev–Trinajstić information content (AvgIpc) is 2.26. The summed E-state index contributed by atoms with van der Waals surface area (Å²) in [5.74, 6) is -0.423. The number of rotatable bonds is 2. The lowest BCUT2D eigenvalue weighted by Crippen LogP contribution is -2.23. The summed E-state index contributed by atoms with van der Waals surface area (Å²) in [5.41, 5.74) is 0.736. The van der Waals surface area contributed by atoms with Gasteiger partial charge in [-0.25, -0.2) is 0 Å². The number of aryl methyl sites for hydroxylation is 1. The number of nitrogens with zero attached hydrogens (tertiary/aromatic N) is 1. The van der Waals surface area contributed by atoms with Crippen LogP contribution in [0.5, 0.6) is 0 Å². The molecular formula is C11H17NO3. The second-order valence-corrected chi connectivity index (χ2v) is 2.75. The van der Waals surface area contributed by atoms with Gasteiger partial charge in [0.1, 0.15) is 6.54 Å². The molecule has 0 aliphatic carbocycles. The third kappa shape index (κ3) is 4.44. The molecule has 0 spiro atoms. The molecule has 0 amide bonds. The molecule has 1 aromatic rings. The SMILES string of the molecule is CC.COC(=O)Cn1cc(C)ccc1=O. The quantitative estimate of drug-likeness (QED) is 0.694. The van der Waals surface area contributed by atoms with Crippen LogP contribution in [0.15, 0.2) is 23.1 Å². The highest BCUT2D eigenvalue weighted by molar-refractivity contribution is 5.68. The molecule has 0 unspecified atom stereocenters. The standard InChI is InChI=1S/C9H11NO3.C2H6/c1-7-3-4-8(11)10(5-7)6-9(12)13-2;1-2/h3-5H,6H2,1-2H3;1-2H3. The molecule has 15 heavy (non-hydrogen) atoms. The van der Waals surface area contributed by atoms with E-state index in [-0.39, 0.29) is 12.1 Å². The van der Waals surface area contributed by atoms with Gasteiger partial charge in [0, 0.05) is 12.3 Å². The van der Waals surface area contributed by atoms with Crippen molar-refractivity contribution < 1.29 is 9.53 Å². The lowest BCUT2D eigenvalue weighted by atomic mass is 10.3. The smallest absolute Gasteiger partial charge is 0.325 e. The third-order valence-electron chi connectivity index (χ3n) is 1.66. The fourth-order valence-corrected chi connectivity index (χ4v) is 0.978. The van der Waals surface area contributed by atoms with Crippen molar-refractivity contribution in [3.63, 3.8) is 0 Å². The number of carbonyl (C=O) groups excluding carboxylic acids is 1. The Morgan fingerprint density at radius 3 is 2.53 bits per heavy atom. The van der Waals surface area contributed by atoms with Crippen molar-refractivity contribution in [2.24, 2.45) is 0 Å². The van der Waals surface area contributed by atoms with Crippen LogP contribution in [0.4, 0.5) is 0 Å². The lowest BCUT2D eigenvalue weighted by Gasteiger charge is -2.03. The Balaban J connectivity index is 0.000000921. The van der Waals surface area contributed by atoms with Crippen molar-refractivity contribution in [1.29, 1.82) is 0 Å². The summed E-state index contributed by atoms with van der Waals surface area (Å²) in [7, 11) is 1.29. The Labute approximate surface area is 89.5 Å². The second kappa shape index (κ2) is 6.81. The minimum Gasteiger partial charge on any atom is -0.468 e. The first kappa shape index (κ1) is 13.4. The third-order valence-corrected chi connectivity index (χ3v) is 1.66. The van der Waals surface area contributed by atoms with Gasteiger partial charge in [-0.05, 0) is 12.5 Å². The van der Waals surface area contributed by atoms with E-state index in [9.17, 15) is 9.59 Å². The number of carbonyl (C=O) groups is 1. The van der Waals surface area contributed by atoms with Crippen LogP contribution >= 0.6 is 0 Å². The molecule has 0 saturated heterocycles. The van der Waals surface area contributed by atoms with Gasteiger partial charge in [-0.1, -0.05) is 19.9 Å². The molecule has 0 aromatic carbocycles. The molecule has 1 heterocycles. The topological polar surface area (TPSA) is 48.3 Å². The van der Waals surface area contributed by atoms with Crippen LogP contribution in [0.25, 0.3) is 0 Å². The Hall–Kier alpha value is -1.58. The van der Waals surface area contributed by atoms with Gasteiger partial charge in [0.15, 0.2) is 0 Å². The lowest BCUT2D eigenvalue weighted by molar-refractivity contribution is -0.141. The van der Waals surface area contributed by atoms with Crippen LogP contribution < -0.4 is 5.56 Å². The normalized spacial score (nSPS) is 8.80. The van der Waals surface area contributed by atoms with Crippen LogP contribution in [-0.4, -0.2) is 17.6 Å². The maximum atomic E-state index is 11.2. The first-order chi connectivity index (χ1) is 7.13. The monoisotopic (exact) mass is 211 g/mol. The van der Waals surface area contributed by atoms with E-state index in [4.69, 9.17) is 0 Å². The number of hydrogen-bond acceptors (Lipinski definition) is 3. The molecule has 1 rings (SSSR count). The van der Waals surface area contributed by atoms with Gasteiger partial charge < -0.3 is 9.30 Å². The van der Waals surface area contributed by atoms with E-state index in [0.29, 0.717) is 0 Å². The molecule has 0 atom stereocenters. The minimum atomic E-state index is -0.423. The Morgan fingerprint density at radius 2 is 2.00 bits per heavy atom. The summed E-state index contributed by atoms with van der Waals surface area (Å²) in [5, 5.41) is 0. The van der Waals surface area contributed by atoms with Crippen LogP contribution in [0.3, 0.4) is 0 Å². The number of esters is 1. The Kier molecular flexibility index (Phi) is 6.09. The zero-order valence-corrected chi connectivity index (χ0v) is 9.61. The summed E-state index contributed by atoms with van der Waals surface area (Å²) < 4.78 is 5.77. The van der Waals surface area contributed by atoms with E-state index >= 15 is 0 Å². The molecule has 4 heteroatoms. The molecule has 0 saturated carbocycles. The van der Waals surface area contributed by atoms with E-state index in [2.05, 4.69) is 4.74 Å². The van der Waals surface area contributed by atoms with Gasteiger partial charge in [0.05, 0.1) is 7.11 Å². The number of ether oxygens (including phenoxy) is 1. The average molecular weight is 211 g/mol. The summed E-state index contributed by atoms with van der Waals surface area (Å²) in [6.45, 7) is 5.82. The van der Waals surface area contributed by atoms with E-state index in [0.717, 1.165) is 5.56 Å². The fourth-order valence-electron chi connectivity index (χ4n) is 0.978. The molecule has 0 radical (unpaired) electrons. The molecule has 4 nitrogen and oxygen atoms in total. The van der Waals surface area contributed by atoms with E-state index < -0.39 is 5.97 Å². The largest absolute Gasteiger partial charge is 0.468 e. The number of aromatic nitrogens is 1. The van der Waals surface area contributed by atoms with Gasteiger partial charge in [-0.2, -0.15) is 0 Å². The summed E-state index contributed by atoms with van der Waals surface area (Å²) in [4.78, 5) is 22.0. The zero-order valence-electron chi connectivity index (χ0n) is 9.61. The Bertz CT molecular complexity index is 368. The maximum Gasteiger partial charge on any atom is 0.325 e. The fraction of sp³-hybridized carbons (Fsp3) is 0.455. The number of methoxy groups -OCH3 is 1. The first-order valence-electron chi connectivity index (χ1n) is 4.87. The second-order valence-electron chi connectivity index (χ2n) is 2.75. The molecule has 1 aromatic heterocycles. The number of pyridine rings is 1. The van der Waals surface area contributed by atoms with Crippen LogP contribution in [0.1, 0.15) is 19.4 Å². The molecule has 0 aliphatic heterocycles. The highest BCUT2D eigenvalue weighted by atomic mass is 16.5. The summed E-state index contributed by atoms with van der Waals surface area (Å²) >= 11 is 0. The van der Waals surface area contributed by atoms with Crippen LogP contribution in [-0.2, 0) is 16.1 Å². The van der Waals surface area contributed by atoms with Crippen molar-refractivity contribution in [2.45, 2.75) is 27.3 Å². The van der Waals surface area contributed by atoms with Crippen molar-refractivity contribution >= 4 is 5.97 Å². The molecule has 0 fully saturated rings.